The van der Waals surface area contributed by atoms with Gasteiger partial charge in [-0.3, -0.25) is 4.90 Å². The molecule has 1 aliphatic rings. The van der Waals surface area contributed by atoms with E-state index in [1.807, 2.05) is 48.5 Å². The second-order valence-corrected chi connectivity index (χ2v) is 6.26. The molecule has 5 nitrogen and oxygen atoms in total. The number of nitrogens with one attached hydrogen (secondary N) is 2. The maximum atomic E-state index is 12.0. The van der Waals surface area contributed by atoms with Crippen LogP contribution in [0.3, 0.4) is 0 Å². The monoisotopic (exact) mass is 324 g/mol. The SMILES string of the molecule is Nc1cccc(CN2CCC(NC(=O)Nc3ccccc3)CC2)c1. The Hall–Kier alpha value is -2.53. The molecule has 0 bridgehead atoms. The van der Waals surface area contributed by atoms with Crippen molar-refractivity contribution in [2.75, 3.05) is 24.1 Å². The second kappa shape index (κ2) is 7.84. The molecule has 1 aliphatic heterocycles. The Labute approximate surface area is 142 Å². The molecule has 1 heterocycles. The van der Waals surface area contributed by atoms with Gasteiger partial charge in [-0.05, 0) is 42.7 Å². The summed E-state index contributed by atoms with van der Waals surface area (Å²) in [6.07, 6.45) is 1.93. The van der Waals surface area contributed by atoms with Crippen LogP contribution in [0.4, 0.5) is 16.2 Å². The highest BCUT2D eigenvalue weighted by Crippen LogP contribution is 2.15. The summed E-state index contributed by atoms with van der Waals surface area (Å²) in [5, 5.41) is 5.93. The van der Waals surface area contributed by atoms with Crippen LogP contribution in [-0.4, -0.2) is 30.1 Å². The molecular weight excluding hydrogens is 300 g/mol. The predicted octanol–water partition coefficient (Wildman–Crippen LogP) is 3.05. The molecule has 0 aliphatic carbocycles. The quantitative estimate of drug-likeness (QED) is 0.757. The first-order chi connectivity index (χ1) is 11.7. The van der Waals surface area contributed by atoms with E-state index in [-0.39, 0.29) is 12.1 Å². The van der Waals surface area contributed by atoms with Crippen LogP contribution in [0.1, 0.15) is 18.4 Å². The standard InChI is InChI=1S/C19H24N4O/c20-16-6-4-5-15(13-16)14-23-11-9-18(10-12-23)22-19(24)21-17-7-2-1-3-8-17/h1-8,13,18H,9-12,14,20H2,(H2,21,22,24). The third kappa shape index (κ3) is 4.73. The van der Waals surface area contributed by atoms with Gasteiger partial charge in [0.25, 0.3) is 0 Å². The summed E-state index contributed by atoms with van der Waals surface area (Å²) in [4.78, 5) is 14.4. The third-order valence-corrected chi connectivity index (χ3v) is 4.31. The van der Waals surface area contributed by atoms with Gasteiger partial charge in [-0.25, -0.2) is 4.79 Å². The first-order valence-electron chi connectivity index (χ1n) is 8.38. The smallest absolute Gasteiger partial charge is 0.319 e. The summed E-state index contributed by atoms with van der Waals surface area (Å²) >= 11 is 0. The van der Waals surface area contributed by atoms with Crippen molar-refractivity contribution >= 4 is 17.4 Å². The van der Waals surface area contributed by atoms with Gasteiger partial charge in [0, 0.05) is 37.1 Å². The van der Waals surface area contributed by atoms with Crippen molar-refractivity contribution in [3.8, 4) is 0 Å². The number of carbonyl (C=O) groups excluding carboxylic acids is 1. The van der Waals surface area contributed by atoms with Gasteiger partial charge >= 0.3 is 6.03 Å². The van der Waals surface area contributed by atoms with Gasteiger partial charge in [-0.1, -0.05) is 30.3 Å². The predicted molar refractivity (Wildman–Crippen MR) is 97.7 cm³/mol. The number of nitrogen functional groups attached to an aromatic ring is 1. The van der Waals surface area contributed by atoms with Gasteiger partial charge < -0.3 is 16.4 Å². The summed E-state index contributed by atoms with van der Waals surface area (Å²) in [5.74, 6) is 0. The molecule has 0 saturated carbocycles. The molecular formula is C19H24N4O. The number of hydrogen-bond donors (Lipinski definition) is 3. The minimum atomic E-state index is -0.129. The fourth-order valence-corrected chi connectivity index (χ4v) is 3.06. The molecule has 5 heteroatoms. The highest BCUT2D eigenvalue weighted by molar-refractivity contribution is 5.89. The van der Waals surface area contributed by atoms with E-state index >= 15 is 0 Å². The average Bonchev–Trinajstić information content (AvgIpc) is 2.57. The average molecular weight is 324 g/mol. The number of likely N-dealkylation sites (tertiary alicyclic amines) is 1. The van der Waals surface area contributed by atoms with E-state index in [1.165, 1.54) is 5.56 Å². The number of nitrogens with zero attached hydrogens (tertiary/aromatic N) is 1. The zero-order valence-corrected chi connectivity index (χ0v) is 13.7. The molecule has 4 N–H and O–H groups in total. The van der Waals surface area contributed by atoms with Crippen molar-refractivity contribution in [1.29, 1.82) is 0 Å². The van der Waals surface area contributed by atoms with E-state index < -0.39 is 0 Å². The van der Waals surface area contributed by atoms with Crippen molar-refractivity contribution in [3.05, 3.63) is 60.2 Å². The van der Waals surface area contributed by atoms with Crippen LogP contribution in [0.25, 0.3) is 0 Å². The van der Waals surface area contributed by atoms with Crippen molar-refractivity contribution in [2.45, 2.75) is 25.4 Å². The van der Waals surface area contributed by atoms with Gasteiger partial charge in [0.05, 0.1) is 0 Å². The molecule has 0 atom stereocenters. The molecule has 0 unspecified atom stereocenters. The molecule has 2 aromatic rings. The van der Waals surface area contributed by atoms with Crippen LogP contribution >= 0.6 is 0 Å². The molecule has 1 saturated heterocycles. The number of para-hydroxylation sites is 1. The minimum Gasteiger partial charge on any atom is -0.399 e. The van der Waals surface area contributed by atoms with Gasteiger partial charge in [0.1, 0.15) is 0 Å². The van der Waals surface area contributed by atoms with Gasteiger partial charge in [-0.15, -0.1) is 0 Å². The molecule has 24 heavy (non-hydrogen) atoms. The zero-order chi connectivity index (χ0) is 16.8. The number of benzene rings is 2. The van der Waals surface area contributed by atoms with E-state index in [0.29, 0.717) is 0 Å². The maximum absolute atomic E-state index is 12.0. The molecule has 2 aromatic carbocycles. The van der Waals surface area contributed by atoms with Crippen LogP contribution < -0.4 is 16.4 Å². The van der Waals surface area contributed by atoms with E-state index in [0.717, 1.165) is 43.9 Å². The highest BCUT2D eigenvalue weighted by atomic mass is 16.2. The number of rotatable bonds is 4. The normalized spacial score (nSPS) is 15.8. The Morgan fingerprint density at radius 2 is 1.83 bits per heavy atom. The number of nitrogens with two attached hydrogens (primary N) is 1. The molecule has 2 amide bonds. The van der Waals surface area contributed by atoms with E-state index in [2.05, 4.69) is 21.6 Å². The van der Waals surface area contributed by atoms with Gasteiger partial charge in [0.2, 0.25) is 0 Å². The van der Waals surface area contributed by atoms with Crippen LogP contribution in [-0.2, 0) is 6.54 Å². The van der Waals surface area contributed by atoms with Crippen LogP contribution in [0.15, 0.2) is 54.6 Å². The van der Waals surface area contributed by atoms with E-state index in [1.54, 1.807) is 0 Å². The van der Waals surface area contributed by atoms with Crippen molar-refractivity contribution in [3.63, 3.8) is 0 Å². The van der Waals surface area contributed by atoms with Crippen LogP contribution in [0.5, 0.6) is 0 Å². The number of amides is 2. The van der Waals surface area contributed by atoms with Crippen molar-refractivity contribution in [2.24, 2.45) is 0 Å². The van der Waals surface area contributed by atoms with Gasteiger partial charge in [-0.2, -0.15) is 0 Å². The first-order valence-corrected chi connectivity index (χ1v) is 8.38. The highest BCUT2D eigenvalue weighted by Gasteiger charge is 2.20. The molecule has 3 rings (SSSR count). The van der Waals surface area contributed by atoms with E-state index in [4.69, 9.17) is 5.73 Å². The Bertz CT molecular complexity index is 666. The maximum Gasteiger partial charge on any atom is 0.319 e. The molecule has 0 spiro atoms. The number of piperidine rings is 1. The fourth-order valence-electron chi connectivity index (χ4n) is 3.06. The number of anilines is 2. The Kier molecular flexibility index (Phi) is 5.33. The third-order valence-electron chi connectivity index (χ3n) is 4.31. The first kappa shape index (κ1) is 16.3. The number of carbonyl (C=O) groups is 1. The summed E-state index contributed by atoms with van der Waals surface area (Å²) in [5.41, 5.74) is 8.69. The van der Waals surface area contributed by atoms with Crippen LogP contribution in [0, 0.1) is 0 Å². The van der Waals surface area contributed by atoms with E-state index in [9.17, 15) is 4.79 Å². The summed E-state index contributed by atoms with van der Waals surface area (Å²) in [7, 11) is 0. The largest absolute Gasteiger partial charge is 0.399 e. The summed E-state index contributed by atoms with van der Waals surface area (Å²) in [6.45, 7) is 2.87. The molecule has 126 valence electrons. The topological polar surface area (TPSA) is 70.4 Å². The van der Waals surface area contributed by atoms with Crippen molar-refractivity contribution < 1.29 is 4.79 Å². The van der Waals surface area contributed by atoms with Crippen molar-refractivity contribution in [1.82, 2.24) is 10.2 Å². The Morgan fingerprint density at radius 1 is 1.08 bits per heavy atom. The molecule has 1 fully saturated rings. The lowest BCUT2D eigenvalue weighted by Crippen LogP contribution is -2.45. The Morgan fingerprint density at radius 3 is 2.54 bits per heavy atom. The summed E-state index contributed by atoms with van der Waals surface area (Å²) < 4.78 is 0. The fraction of sp³-hybridized carbons (Fsp3) is 0.316. The molecule has 0 aromatic heterocycles. The second-order valence-electron chi connectivity index (χ2n) is 6.26. The van der Waals surface area contributed by atoms with Gasteiger partial charge in [0.15, 0.2) is 0 Å². The lowest BCUT2D eigenvalue weighted by molar-refractivity contribution is 0.190. The Balaban J connectivity index is 1.42. The minimum absolute atomic E-state index is 0.129. The number of urea groups is 1. The number of hydrogen-bond acceptors (Lipinski definition) is 3. The lowest BCUT2D eigenvalue weighted by atomic mass is 10.0. The molecule has 0 radical (unpaired) electrons. The summed E-state index contributed by atoms with van der Waals surface area (Å²) in [6, 6.07) is 17.6. The van der Waals surface area contributed by atoms with Crippen LogP contribution in [0.2, 0.25) is 0 Å². The lowest BCUT2D eigenvalue weighted by Gasteiger charge is -2.32. The zero-order valence-electron chi connectivity index (χ0n) is 13.7.